The van der Waals surface area contributed by atoms with Crippen LogP contribution in [0.15, 0.2) is 0 Å². The minimum Gasteiger partial charge on any atom is -0.312 e. The molecule has 3 nitrogen and oxygen atoms in total. The van der Waals surface area contributed by atoms with E-state index in [0.29, 0.717) is 6.04 Å². The predicted octanol–water partition coefficient (Wildman–Crippen LogP) is 0.230. The highest BCUT2D eigenvalue weighted by Crippen LogP contribution is 2.21. The third-order valence-electron chi connectivity index (χ3n) is 3.62. The van der Waals surface area contributed by atoms with Crippen LogP contribution in [0.5, 0.6) is 0 Å². The van der Waals surface area contributed by atoms with Crippen molar-refractivity contribution in [2.24, 2.45) is 5.92 Å². The zero-order valence-electron chi connectivity index (χ0n) is 9.66. The van der Waals surface area contributed by atoms with E-state index >= 15 is 0 Å². The summed E-state index contributed by atoms with van der Waals surface area (Å²) in [5.41, 5.74) is 0. The Hall–Kier alpha value is -0.120. The first-order valence-electron chi connectivity index (χ1n) is 5.83. The smallest absolute Gasteiger partial charge is 0.0262 e. The summed E-state index contributed by atoms with van der Waals surface area (Å²) in [6.45, 7) is 10.8. The summed E-state index contributed by atoms with van der Waals surface area (Å²) in [5.74, 6) is 0.838. The van der Waals surface area contributed by atoms with E-state index in [1.165, 1.54) is 26.2 Å². The zero-order valence-corrected chi connectivity index (χ0v) is 9.66. The molecular formula is C11H23N3. The number of likely N-dealkylation sites (tertiary alicyclic amines) is 1. The molecular weight excluding hydrogens is 174 g/mol. The molecule has 2 unspecified atom stereocenters. The molecule has 0 aromatic heterocycles. The average Bonchev–Trinajstić information content (AvgIpc) is 2.45. The van der Waals surface area contributed by atoms with Crippen LogP contribution in [0, 0.1) is 5.92 Å². The summed E-state index contributed by atoms with van der Waals surface area (Å²) in [7, 11) is 2.24. The molecule has 2 saturated heterocycles. The molecule has 82 valence electrons. The highest BCUT2D eigenvalue weighted by atomic mass is 15.3. The summed E-state index contributed by atoms with van der Waals surface area (Å²) < 4.78 is 0. The normalized spacial score (nSPS) is 41.8. The van der Waals surface area contributed by atoms with Gasteiger partial charge in [0.2, 0.25) is 0 Å². The van der Waals surface area contributed by atoms with E-state index in [1.54, 1.807) is 0 Å². The van der Waals surface area contributed by atoms with Crippen molar-refractivity contribution >= 4 is 0 Å². The van der Waals surface area contributed by atoms with Crippen molar-refractivity contribution in [2.75, 3.05) is 39.8 Å². The van der Waals surface area contributed by atoms with Crippen LogP contribution in [-0.2, 0) is 0 Å². The van der Waals surface area contributed by atoms with Crippen molar-refractivity contribution in [1.29, 1.82) is 0 Å². The summed E-state index contributed by atoms with van der Waals surface area (Å²) in [4.78, 5) is 5.14. The lowest BCUT2D eigenvalue weighted by atomic mass is 10.0. The molecule has 0 spiro atoms. The summed E-state index contributed by atoms with van der Waals surface area (Å²) in [6, 6.07) is 1.46. The Morgan fingerprint density at radius 1 is 1.14 bits per heavy atom. The lowest BCUT2D eigenvalue weighted by Crippen LogP contribution is -2.54. The Labute approximate surface area is 87.4 Å². The maximum Gasteiger partial charge on any atom is 0.0262 e. The molecule has 2 aliphatic rings. The van der Waals surface area contributed by atoms with Gasteiger partial charge < -0.3 is 10.2 Å². The Balaban J connectivity index is 1.93. The van der Waals surface area contributed by atoms with Crippen LogP contribution < -0.4 is 5.32 Å². The second kappa shape index (κ2) is 4.17. The van der Waals surface area contributed by atoms with Crippen LogP contribution in [-0.4, -0.2) is 61.7 Å². The molecule has 0 aliphatic carbocycles. The summed E-state index contributed by atoms with van der Waals surface area (Å²) in [5, 5.41) is 3.51. The topological polar surface area (TPSA) is 18.5 Å². The zero-order chi connectivity index (χ0) is 10.1. The van der Waals surface area contributed by atoms with Gasteiger partial charge in [0, 0.05) is 44.8 Å². The predicted molar refractivity (Wildman–Crippen MR) is 59.5 cm³/mol. The van der Waals surface area contributed by atoms with Gasteiger partial charge in [-0.3, -0.25) is 4.90 Å². The lowest BCUT2D eigenvalue weighted by Gasteiger charge is -2.37. The Bertz CT molecular complexity index is 195. The number of hydrogen-bond acceptors (Lipinski definition) is 3. The number of nitrogens with zero attached hydrogens (tertiary/aromatic N) is 2. The van der Waals surface area contributed by atoms with Crippen LogP contribution in [0.1, 0.15) is 13.8 Å². The SMILES string of the molecule is CC1CN(C)CC1N1CCN[C@@H](C)C1. The maximum absolute atomic E-state index is 3.51. The van der Waals surface area contributed by atoms with Gasteiger partial charge >= 0.3 is 0 Å². The summed E-state index contributed by atoms with van der Waals surface area (Å²) >= 11 is 0. The second-order valence-corrected chi connectivity index (χ2v) is 5.12. The van der Waals surface area contributed by atoms with Crippen molar-refractivity contribution < 1.29 is 0 Å². The molecule has 14 heavy (non-hydrogen) atoms. The summed E-state index contributed by atoms with van der Waals surface area (Å²) in [6.07, 6.45) is 0. The molecule has 0 radical (unpaired) electrons. The number of piperazine rings is 1. The number of hydrogen-bond donors (Lipinski definition) is 1. The minimum atomic E-state index is 0.668. The highest BCUT2D eigenvalue weighted by Gasteiger charge is 2.33. The Morgan fingerprint density at radius 3 is 2.50 bits per heavy atom. The largest absolute Gasteiger partial charge is 0.312 e. The first-order chi connectivity index (χ1) is 6.66. The first-order valence-corrected chi connectivity index (χ1v) is 5.83. The molecule has 0 aromatic carbocycles. The van der Waals surface area contributed by atoms with Gasteiger partial charge in [0.05, 0.1) is 0 Å². The van der Waals surface area contributed by atoms with E-state index < -0.39 is 0 Å². The quantitative estimate of drug-likeness (QED) is 0.649. The maximum atomic E-state index is 3.51. The van der Waals surface area contributed by atoms with Crippen LogP contribution in [0.4, 0.5) is 0 Å². The molecule has 2 aliphatic heterocycles. The van der Waals surface area contributed by atoms with Gasteiger partial charge in [-0.05, 0) is 19.9 Å². The van der Waals surface area contributed by atoms with Crippen molar-refractivity contribution in [3.05, 3.63) is 0 Å². The van der Waals surface area contributed by atoms with Crippen LogP contribution in [0.25, 0.3) is 0 Å². The van der Waals surface area contributed by atoms with E-state index in [4.69, 9.17) is 0 Å². The van der Waals surface area contributed by atoms with Crippen molar-refractivity contribution in [3.63, 3.8) is 0 Å². The van der Waals surface area contributed by atoms with E-state index in [-0.39, 0.29) is 0 Å². The molecule has 3 heteroatoms. The second-order valence-electron chi connectivity index (χ2n) is 5.12. The fraction of sp³-hybridized carbons (Fsp3) is 1.00. The third kappa shape index (κ3) is 2.10. The Kier molecular flexibility index (Phi) is 3.10. The van der Waals surface area contributed by atoms with Gasteiger partial charge in [0.15, 0.2) is 0 Å². The van der Waals surface area contributed by atoms with Gasteiger partial charge in [-0.1, -0.05) is 6.92 Å². The van der Waals surface area contributed by atoms with Crippen molar-refractivity contribution in [3.8, 4) is 0 Å². The minimum absolute atomic E-state index is 0.668. The third-order valence-corrected chi connectivity index (χ3v) is 3.62. The van der Waals surface area contributed by atoms with E-state index in [2.05, 4.69) is 36.0 Å². The lowest BCUT2D eigenvalue weighted by molar-refractivity contribution is 0.132. The molecule has 0 saturated carbocycles. The van der Waals surface area contributed by atoms with E-state index in [1.807, 2.05) is 0 Å². The van der Waals surface area contributed by atoms with E-state index in [9.17, 15) is 0 Å². The number of rotatable bonds is 1. The fourth-order valence-electron chi connectivity index (χ4n) is 2.93. The Morgan fingerprint density at radius 2 is 1.93 bits per heavy atom. The molecule has 2 heterocycles. The molecule has 3 atom stereocenters. The average molecular weight is 197 g/mol. The molecule has 2 rings (SSSR count). The van der Waals surface area contributed by atoms with Crippen LogP contribution in [0.3, 0.4) is 0 Å². The first kappa shape index (κ1) is 10.4. The van der Waals surface area contributed by atoms with Gasteiger partial charge in [-0.15, -0.1) is 0 Å². The van der Waals surface area contributed by atoms with Crippen molar-refractivity contribution in [2.45, 2.75) is 25.9 Å². The van der Waals surface area contributed by atoms with Gasteiger partial charge in [-0.2, -0.15) is 0 Å². The van der Waals surface area contributed by atoms with Gasteiger partial charge in [0.25, 0.3) is 0 Å². The fourth-order valence-corrected chi connectivity index (χ4v) is 2.93. The molecule has 0 bridgehead atoms. The molecule has 1 N–H and O–H groups in total. The molecule has 2 fully saturated rings. The van der Waals surface area contributed by atoms with Gasteiger partial charge in [0.1, 0.15) is 0 Å². The highest BCUT2D eigenvalue weighted by molar-refractivity contribution is 4.90. The van der Waals surface area contributed by atoms with E-state index in [0.717, 1.165) is 18.5 Å². The van der Waals surface area contributed by atoms with Crippen LogP contribution in [0.2, 0.25) is 0 Å². The number of likely N-dealkylation sites (N-methyl/N-ethyl adjacent to an activating group) is 1. The monoisotopic (exact) mass is 197 g/mol. The number of nitrogens with one attached hydrogen (secondary N) is 1. The standard InChI is InChI=1S/C11H23N3/c1-9-6-13(3)8-11(9)14-5-4-12-10(2)7-14/h9-12H,4-8H2,1-3H3/t9?,10-,11?/m0/s1. The van der Waals surface area contributed by atoms with Crippen LogP contribution >= 0.6 is 0 Å². The van der Waals surface area contributed by atoms with Gasteiger partial charge in [-0.25, -0.2) is 0 Å². The molecule has 0 amide bonds. The molecule has 0 aromatic rings. The van der Waals surface area contributed by atoms with Crippen molar-refractivity contribution in [1.82, 2.24) is 15.1 Å².